The predicted molar refractivity (Wildman–Crippen MR) is 69.4 cm³/mol. The minimum Gasteiger partial charge on any atom is -0.399 e. The Morgan fingerprint density at radius 3 is 2.38 bits per heavy atom. The average molecular weight is 218 g/mol. The first-order valence-electron chi connectivity index (χ1n) is 6.34. The van der Waals surface area contributed by atoms with Gasteiger partial charge in [0.2, 0.25) is 0 Å². The van der Waals surface area contributed by atoms with Gasteiger partial charge in [0.15, 0.2) is 0 Å². The Bertz CT molecular complexity index is 312. The van der Waals surface area contributed by atoms with Crippen LogP contribution in [0, 0.1) is 0 Å². The van der Waals surface area contributed by atoms with Crippen molar-refractivity contribution < 1.29 is 0 Å². The maximum absolute atomic E-state index is 5.69. The molecule has 1 unspecified atom stereocenters. The largest absolute Gasteiger partial charge is 0.399 e. The van der Waals surface area contributed by atoms with Gasteiger partial charge in [-0.15, -0.1) is 0 Å². The van der Waals surface area contributed by atoms with Gasteiger partial charge in [0.05, 0.1) is 0 Å². The molecule has 0 radical (unpaired) electrons. The second-order valence-electron chi connectivity index (χ2n) is 4.89. The van der Waals surface area contributed by atoms with Crippen LogP contribution in [0.5, 0.6) is 0 Å². The maximum atomic E-state index is 5.69. The van der Waals surface area contributed by atoms with E-state index < -0.39 is 0 Å². The summed E-state index contributed by atoms with van der Waals surface area (Å²) < 4.78 is 0. The fourth-order valence-corrected chi connectivity index (χ4v) is 2.48. The number of anilines is 1. The van der Waals surface area contributed by atoms with Crippen LogP contribution in [0.4, 0.5) is 5.69 Å². The molecule has 1 aliphatic heterocycles. The highest BCUT2D eigenvalue weighted by Gasteiger charge is 2.16. The summed E-state index contributed by atoms with van der Waals surface area (Å²) >= 11 is 0. The van der Waals surface area contributed by atoms with Crippen LogP contribution in [-0.4, -0.2) is 24.0 Å². The van der Waals surface area contributed by atoms with E-state index in [0.717, 1.165) is 12.1 Å². The SMILES string of the molecule is CC(Cc1ccc(N)cc1)N1CCCCC1. The smallest absolute Gasteiger partial charge is 0.0314 e. The van der Waals surface area contributed by atoms with E-state index in [1.54, 1.807) is 0 Å². The van der Waals surface area contributed by atoms with Crippen molar-refractivity contribution in [3.05, 3.63) is 29.8 Å². The number of hydrogen-bond donors (Lipinski definition) is 1. The molecule has 2 N–H and O–H groups in total. The number of rotatable bonds is 3. The minimum absolute atomic E-state index is 0.656. The zero-order chi connectivity index (χ0) is 11.4. The minimum atomic E-state index is 0.656. The summed E-state index contributed by atoms with van der Waals surface area (Å²) in [6, 6.07) is 8.95. The number of piperidine rings is 1. The van der Waals surface area contributed by atoms with Gasteiger partial charge in [0.1, 0.15) is 0 Å². The Hall–Kier alpha value is -1.02. The quantitative estimate of drug-likeness (QED) is 0.790. The summed E-state index contributed by atoms with van der Waals surface area (Å²) in [5.74, 6) is 0. The number of benzene rings is 1. The summed E-state index contributed by atoms with van der Waals surface area (Å²) in [5, 5.41) is 0. The molecule has 0 spiro atoms. The van der Waals surface area contributed by atoms with Crippen LogP contribution in [-0.2, 0) is 6.42 Å². The Morgan fingerprint density at radius 1 is 1.12 bits per heavy atom. The van der Waals surface area contributed by atoms with Crippen LogP contribution in [0.3, 0.4) is 0 Å². The molecule has 1 saturated heterocycles. The van der Waals surface area contributed by atoms with Crippen LogP contribution in [0.25, 0.3) is 0 Å². The van der Waals surface area contributed by atoms with Crippen molar-refractivity contribution in [2.45, 2.75) is 38.6 Å². The molecular formula is C14H22N2. The number of nitrogens with two attached hydrogens (primary N) is 1. The summed E-state index contributed by atoms with van der Waals surface area (Å²) in [5.41, 5.74) is 7.94. The van der Waals surface area contributed by atoms with E-state index in [4.69, 9.17) is 5.73 Å². The fourth-order valence-electron chi connectivity index (χ4n) is 2.48. The highest BCUT2D eigenvalue weighted by Crippen LogP contribution is 2.16. The number of nitrogens with zero attached hydrogens (tertiary/aromatic N) is 1. The molecule has 0 saturated carbocycles. The van der Waals surface area contributed by atoms with E-state index in [2.05, 4.69) is 24.0 Å². The van der Waals surface area contributed by atoms with Crippen molar-refractivity contribution in [3.8, 4) is 0 Å². The molecule has 2 heteroatoms. The molecule has 1 atom stereocenters. The van der Waals surface area contributed by atoms with E-state index in [-0.39, 0.29) is 0 Å². The van der Waals surface area contributed by atoms with Gasteiger partial charge in [-0.2, -0.15) is 0 Å². The fraction of sp³-hybridized carbons (Fsp3) is 0.571. The number of nitrogen functional groups attached to an aromatic ring is 1. The van der Waals surface area contributed by atoms with Crippen LogP contribution in [0.15, 0.2) is 24.3 Å². The predicted octanol–water partition coefficient (Wildman–Crippen LogP) is 2.69. The molecule has 88 valence electrons. The third kappa shape index (κ3) is 2.99. The third-order valence-corrected chi connectivity index (χ3v) is 3.52. The van der Waals surface area contributed by atoms with E-state index in [1.807, 2.05) is 12.1 Å². The van der Waals surface area contributed by atoms with Gasteiger partial charge >= 0.3 is 0 Å². The molecule has 1 heterocycles. The number of likely N-dealkylation sites (tertiary alicyclic amines) is 1. The summed E-state index contributed by atoms with van der Waals surface area (Å²) in [6.45, 7) is 4.88. The molecule has 1 aromatic carbocycles. The first-order valence-corrected chi connectivity index (χ1v) is 6.34. The molecule has 0 aromatic heterocycles. The topological polar surface area (TPSA) is 29.3 Å². The third-order valence-electron chi connectivity index (χ3n) is 3.52. The monoisotopic (exact) mass is 218 g/mol. The van der Waals surface area contributed by atoms with Crippen molar-refractivity contribution in [2.75, 3.05) is 18.8 Å². The second kappa shape index (κ2) is 5.35. The molecule has 1 fully saturated rings. The van der Waals surface area contributed by atoms with Gasteiger partial charge in [0, 0.05) is 11.7 Å². The van der Waals surface area contributed by atoms with Gasteiger partial charge in [-0.25, -0.2) is 0 Å². The highest BCUT2D eigenvalue weighted by atomic mass is 15.1. The van der Waals surface area contributed by atoms with E-state index in [9.17, 15) is 0 Å². The van der Waals surface area contributed by atoms with Crippen molar-refractivity contribution in [1.29, 1.82) is 0 Å². The van der Waals surface area contributed by atoms with Gasteiger partial charge in [-0.3, -0.25) is 0 Å². The molecule has 1 aliphatic rings. The summed E-state index contributed by atoms with van der Waals surface area (Å²) in [7, 11) is 0. The lowest BCUT2D eigenvalue weighted by molar-refractivity contribution is 0.173. The van der Waals surface area contributed by atoms with Gasteiger partial charge in [-0.1, -0.05) is 18.6 Å². The van der Waals surface area contributed by atoms with Crippen LogP contribution < -0.4 is 5.73 Å². The van der Waals surface area contributed by atoms with Crippen molar-refractivity contribution >= 4 is 5.69 Å². The molecule has 2 nitrogen and oxygen atoms in total. The molecular weight excluding hydrogens is 196 g/mol. The molecule has 2 rings (SSSR count). The molecule has 0 bridgehead atoms. The standard InChI is InChI=1S/C14H22N2/c1-12(16-9-3-2-4-10-16)11-13-5-7-14(15)8-6-13/h5-8,12H,2-4,9-11,15H2,1H3. The molecule has 16 heavy (non-hydrogen) atoms. The van der Waals surface area contributed by atoms with Crippen LogP contribution in [0.2, 0.25) is 0 Å². The normalized spacial score (nSPS) is 19.6. The van der Waals surface area contributed by atoms with Crippen molar-refractivity contribution in [1.82, 2.24) is 4.90 Å². The zero-order valence-corrected chi connectivity index (χ0v) is 10.2. The Balaban J connectivity index is 1.90. The molecule has 0 amide bonds. The highest BCUT2D eigenvalue weighted by molar-refractivity contribution is 5.39. The van der Waals surface area contributed by atoms with E-state index >= 15 is 0 Å². The summed E-state index contributed by atoms with van der Waals surface area (Å²) in [6.07, 6.45) is 5.28. The Kier molecular flexibility index (Phi) is 3.83. The first-order chi connectivity index (χ1) is 7.75. The zero-order valence-electron chi connectivity index (χ0n) is 10.2. The maximum Gasteiger partial charge on any atom is 0.0314 e. The van der Waals surface area contributed by atoms with E-state index in [1.165, 1.54) is 37.9 Å². The van der Waals surface area contributed by atoms with Gasteiger partial charge < -0.3 is 10.6 Å². The van der Waals surface area contributed by atoms with Gasteiger partial charge in [0.25, 0.3) is 0 Å². The second-order valence-corrected chi connectivity index (χ2v) is 4.89. The molecule has 0 aliphatic carbocycles. The summed E-state index contributed by atoms with van der Waals surface area (Å²) in [4.78, 5) is 2.61. The lowest BCUT2D eigenvalue weighted by Gasteiger charge is -2.32. The molecule has 1 aromatic rings. The van der Waals surface area contributed by atoms with E-state index in [0.29, 0.717) is 6.04 Å². The number of hydrogen-bond acceptors (Lipinski definition) is 2. The van der Waals surface area contributed by atoms with Gasteiger partial charge in [-0.05, 0) is 57.0 Å². The van der Waals surface area contributed by atoms with Crippen LogP contribution in [0.1, 0.15) is 31.7 Å². The van der Waals surface area contributed by atoms with Crippen LogP contribution >= 0.6 is 0 Å². The first kappa shape index (κ1) is 11.5. The lowest BCUT2D eigenvalue weighted by Crippen LogP contribution is -2.38. The van der Waals surface area contributed by atoms with Crippen molar-refractivity contribution in [3.63, 3.8) is 0 Å². The Labute approximate surface area is 98.4 Å². The van der Waals surface area contributed by atoms with Crippen molar-refractivity contribution in [2.24, 2.45) is 0 Å². The Morgan fingerprint density at radius 2 is 1.75 bits per heavy atom. The lowest BCUT2D eigenvalue weighted by atomic mass is 10.0. The average Bonchev–Trinajstić information content (AvgIpc) is 2.33.